The predicted octanol–water partition coefficient (Wildman–Crippen LogP) is 0.0261. The highest BCUT2D eigenvalue weighted by Crippen LogP contribution is 2.10. The van der Waals surface area contributed by atoms with E-state index in [1.165, 1.54) is 0 Å². The van der Waals surface area contributed by atoms with Crippen LogP contribution in [0.25, 0.3) is 0 Å². The fourth-order valence-corrected chi connectivity index (χ4v) is 4.63. The number of benzene rings is 2. The molecule has 9 N–H and O–H groups in total. The molecule has 12 nitrogen and oxygen atoms in total. The van der Waals surface area contributed by atoms with Crippen molar-refractivity contribution in [1.29, 1.82) is 5.41 Å². The molecule has 0 bridgehead atoms. The van der Waals surface area contributed by atoms with Gasteiger partial charge in [0.15, 0.2) is 5.96 Å². The number of carboxylic acid groups (broad SMARTS) is 1. The van der Waals surface area contributed by atoms with E-state index in [1.54, 1.807) is 36.4 Å². The van der Waals surface area contributed by atoms with Crippen LogP contribution in [0.3, 0.4) is 0 Å². The Morgan fingerprint density at radius 1 is 0.878 bits per heavy atom. The van der Waals surface area contributed by atoms with Crippen molar-refractivity contribution in [3.05, 3.63) is 71.8 Å². The molecule has 12 heteroatoms. The first-order chi connectivity index (χ1) is 19.7. The number of guanidine groups is 1. The third-order valence-corrected chi connectivity index (χ3v) is 6.81. The number of carbonyl (C=O) groups excluding carboxylic acids is 3. The van der Waals surface area contributed by atoms with Crippen molar-refractivity contribution in [3.63, 3.8) is 0 Å². The summed E-state index contributed by atoms with van der Waals surface area (Å²) in [7, 11) is 0. The van der Waals surface area contributed by atoms with Crippen molar-refractivity contribution < 1.29 is 24.3 Å². The number of nitrogens with two attached hydrogens (primary N) is 1. The van der Waals surface area contributed by atoms with Crippen molar-refractivity contribution in [3.8, 4) is 0 Å². The van der Waals surface area contributed by atoms with Crippen LogP contribution in [0.5, 0.6) is 0 Å². The zero-order valence-corrected chi connectivity index (χ0v) is 22.9. The summed E-state index contributed by atoms with van der Waals surface area (Å²) in [6.45, 7) is 1.04. The number of rotatable bonds is 15. The van der Waals surface area contributed by atoms with Gasteiger partial charge in [0.1, 0.15) is 18.1 Å². The maximum absolute atomic E-state index is 13.5. The van der Waals surface area contributed by atoms with Crippen LogP contribution in [0.4, 0.5) is 0 Å². The van der Waals surface area contributed by atoms with Crippen LogP contribution in [-0.2, 0) is 32.0 Å². The SMILES string of the molecule is N=C(N)NCCC[C@H](NC(=O)[C@@H]1CCCN1)C(=O)N[C@@H](Cc1ccccc1)C(=O)N[C@@H](Cc1ccccc1)C(=O)O. The van der Waals surface area contributed by atoms with E-state index in [-0.39, 0.29) is 31.1 Å². The molecule has 3 rings (SSSR count). The zero-order valence-electron chi connectivity index (χ0n) is 22.9. The van der Waals surface area contributed by atoms with Gasteiger partial charge in [0.05, 0.1) is 6.04 Å². The van der Waals surface area contributed by atoms with Gasteiger partial charge in [0.2, 0.25) is 17.7 Å². The molecule has 0 aromatic heterocycles. The molecule has 2 aromatic carbocycles. The Labute approximate surface area is 239 Å². The third kappa shape index (κ3) is 10.6. The fourth-order valence-electron chi connectivity index (χ4n) is 4.63. The van der Waals surface area contributed by atoms with Gasteiger partial charge in [0, 0.05) is 19.4 Å². The first-order valence-electron chi connectivity index (χ1n) is 13.8. The number of nitrogens with one attached hydrogen (secondary N) is 6. The Morgan fingerprint density at radius 2 is 1.44 bits per heavy atom. The summed E-state index contributed by atoms with van der Waals surface area (Å²) in [5.74, 6) is -2.91. The van der Waals surface area contributed by atoms with Gasteiger partial charge in [-0.3, -0.25) is 19.8 Å². The van der Waals surface area contributed by atoms with Gasteiger partial charge in [-0.15, -0.1) is 0 Å². The van der Waals surface area contributed by atoms with Gasteiger partial charge in [0.25, 0.3) is 0 Å². The number of carbonyl (C=O) groups is 4. The molecule has 0 saturated carbocycles. The lowest BCUT2D eigenvalue weighted by molar-refractivity contribution is -0.142. The molecule has 0 unspecified atom stereocenters. The normalized spacial score (nSPS) is 16.5. The molecule has 3 amide bonds. The predicted molar refractivity (Wildman–Crippen MR) is 154 cm³/mol. The van der Waals surface area contributed by atoms with Crippen LogP contribution >= 0.6 is 0 Å². The lowest BCUT2D eigenvalue weighted by atomic mass is 10.0. The summed E-state index contributed by atoms with van der Waals surface area (Å²) in [6, 6.07) is 14.3. The van der Waals surface area contributed by atoms with Crippen molar-refractivity contribution in [2.45, 2.75) is 62.7 Å². The average molecular weight is 566 g/mol. The second-order valence-corrected chi connectivity index (χ2v) is 10.0. The van der Waals surface area contributed by atoms with E-state index in [0.717, 1.165) is 17.5 Å². The van der Waals surface area contributed by atoms with Gasteiger partial charge in [-0.25, -0.2) is 4.79 Å². The number of carboxylic acids is 1. The van der Waals surface area contributed by atoms with Crippen LogP contribution in [-0.4, -0.2) is 72.0 Å². The van der Waals surface area contributed by atoms with Gasteiger partial charge in [-0.2, -0.15) is 0 Å². The largest absolute Gasteiger partial charge is 0.480 e. The molecule has 1 aliphatic rings. The maximum Gasteiger partial charge on any atom is 0.326 e. The van der Waals surface area contributed by atoms with Crippen LogP contribution in [0.15, 0.2) is 60.7 Å². The van der Waals surface area contributed by atoms with Crippen LogP contribution in [0.1, 0.15) is 36.8 Å². The highest BCUT2D eigenvalue weighted by molar-refractivity contribution is 5.94. The summed E-state index contributed by atoms with van der Waals surface area (Å²) in [6.07, 6.45) is 2.35. The molecule has 1 aliphatic heterocycles. The molecular weight excluding hydrogens is 526 g/mol. The quantitative estimate of drug-likeness (QED) is 0.0840. The smallest absolute Gasteiger partial charge is 0.326 e. The standard InChI is InChI=1S/C29H39N7O5/c30-29(31)33-16-8-14-22(34-25(37)21-13-7-15-32-21)26(38)35-23(17-19-9-3-1-4-10-19)27(39)36-24(28(40)41)18-20-11-5-2-6-12-20/h1-6,9-12,21-24,32H,7-8,13-18H2,(H,34,37)(H,35,38)(H,36,39)(H,40,41)(H4,30,31,33)/t21-,22-,23-,24-/m0/s1. The van der Waals surface area contributed by atoms with E-state index < -0.39 is 42.0 Å². The van der Waals surface area contributed by atoms with Crippen LogP contribution < -0.4 is 32.3 Å². The average Bonchev–Trinajstić information content (AvgIpc) is 3.50. The number of hydrogen-bond donors (Lipinski definition) is 8. The summed E-state index contributed by atoms with van der Waals surface area (Å²) in [5, 5.41) is 31.0. The van der Waals surface area contributed by atoms with E-state index in [2.05, 4.69) is 26.6 Å². The van der Waals surface area contributed by atoms with Crippen molar-refractivity contribution in [2.75, 3.05) is 13.1 Å². The topological polar surface area (TPSA) is 199 Å². The lowest BCUT2D eigenvalue weighted by Crippen LogP contribution is -2.57. The zero-order chi connectivity index (χ0) is 29.6. The third-order valence-electron chi connectivity index (χ3n) is 6.81. The Morgan fingerprint density at radius 3 is 1.98 bits per heavy atom. The molecule has 2 aromatic rings. The van der Waals surface area contributed by atoms with Crippen molar-refractivity contribution in [2.24, 2.45) is 5.73 Å². The molecule has 41 heavy (non-hydrogen) atoms. The molecule has 1 fully saturated rings. The van der Waals surface area contributed by atoms with E-state index in [4.69, 9.17) is 11.1 Å². The van der Waals surface area contributed by atoms with Gasteiger partial charge < -0.3 is 37.4 Å². The highest BCUT2D eigenvalue weighted by Gasteiger charge is 2.31. The van der Waals surface area contributed by atoms with Gasteiger partial charge >= 0.3 is 5.97 Å². The minimum Gasteiger partial charge on any atom is -0.480 e. The minimum atomic E-state index is -1.21. The van der Waals surface area contributed by atoms with Crippen LogP contribution in [0.2, 0.25) is 0 Å². The monoisotopic (exact) mass is 565 g/mol. The molecule has 1 heterocycles. The van der Waals surface area contributed by atoms with Gasteiger partial charge in [-0.1, -0.05) is 60.7 Å². The number of hydrogen-bond acceptors (Lipinski definition) is 6. The Bertz CT molecular complexity index is 1170. The molecular formula is C29H39N7O5. The van der Waals surface area contributed by atoms with Crippen molar-refractivity contribution in [1.82, 2.24) is 26.6 Å². The van der Waals surface area contributed by atoms with E-state index in [9.17, 15) is 24.3 Å². The second kappa shape index (κ2) is 16.0. The van der Waals surface area contributed by atoms with E-state index in [1.807, 2.05) is 24.3 Å². The Kier molecular flexibility index (Phi) is 12.1. The van der Waals surface area contributed by atoms with Crippen LogP contribution in [0, 0.1) is 5.41 Å². The molecule has 0 spiro atoms. The highest BCUT2D eigenvalue weighted by atomic mass is 16.4. The fraction of sp³-hybridized carbons (Fsp3) is 0.414. The van der Waals surface area contributed by atoms with Gasteiger partial charge in [-0.05, 0) is 43.4 Å². The molecule has 4 atom stereocenters. The molecule has 220 valence electrons. The number of amides is 3. The molecule has 0 radical (unpaired) electrons. The summed E-state index contributed by atoms with van der Waals surface area (Å²) in [4.78, 5) is 51.8. The Hall–Kier alpha value is -4.45. The summed E-state index contributed by atoms with van der Waals surface area (Å²) < 4.78 is 0. The van der Waals surface area contributed by atoms with E-state index >= 15 is 0 Å². The lowest BCUT2D eigenvalue weighted by Gasteiger charge is -2.25. The first-order valence-corrected chi connectivity index (χ1v) is 13.8. The number of aliphatic carboxylic acids is 1. The van der Waals surface area contributed by atoms with E-state index in [0.29, 0.717) is 25.9 Å². The minimum absolute atomic E-state index is 0.0735. The first kappa shape index (κ1) is 31.1. The molecule has 1 saturated heterocycles. The Balaban J connectivity index is 1.76. The second-order valence-electron chi connectivity index (χ2n) is 10.0. The summed E-state index contributed by atoms with van der Waals surface area (Å²) >= 11 is 0. The summed E-state index contributed by atoms with van der Waals surface area (Å²) in [5.41, 5.74) is 6.85. The van der Waals surface area contributed by atoms with Crippen molar-refractivity contribution >= 4 is 29.7 Å². The maximum atomic E-state index is 13.5. The molecule has 0 aliphatic carbocycles.